The van der Waals surface area contributed by atoms with Crippen molar-refractivity contribution in [2.45, 2.75) is 6.92 Å². The topological polar surface area (TPSA) is 12.0 Å². The van der Waals surface area contributed by atoms with Crippen LogP contribution in [0.15, 0.2) is 54.6 Å². The van der Waals surface area contributed by atoms with Crippen molar-refractivity contribution in [3.8, 4) is 0 Å². The van der Waals surface area contributed by atoms with Gasteiger partial charge in [0.1, 0.15) is 0 Å². The molecule has 0 aliphatic rings. The van der Waals surface area contributed by atoms with Crippen LogP contribution in [0.4, 0.5) is 5.69 Å². The number of rotatable bonds is 2. The maximum absolute atomic E-state index is 3.49. The molecule has 0 aliphatic heterocycles. The molecule has 0 aromatic heterocycles. The Labute approximate surface area is 101 Å². The molecule has 0 saturated heterocycles. The van der Waals surface area contributed by atoms with Crippen LogP contribution in [0.1, 0.15) is 6.92 Å². The first-order valence-corrected chi connectivity index (χ1v) is 6.04. The first kappa shape index (κ1) is 10.2. The fourth-order valence-electron chi connectivity index (χ4n) is 2.38. The maximum Gasteiger partial charge on any atom is 0.0499 e. The molecule has 0 spiro atoms. The summed E-state index contributed by atoms with van der Waals surface area (Å²) in [5.41, 5.74) is 1.25. The second-order valence-electron chi connectivity index (χ2n) is 4.22. The van der Waals surface area contributed by atoms with Crippen molar-refractivity contribution in [1.82, 2.24) is 0 Å². The van der Waals surface area contributed by atoms with Crippen LogP contribution in [0.3, 0.4) is 0 Å². The van der Waals surface area contributed by atoms with E-state index in [0.29, 0.717) is 0 Å². The van der Waals surface area contributed by atoms with Gasteiger partial charge in [-0.1, -0.05) is 48.5 Å². The summed E-state index contributed by atoms with van der Waals surface area (Å²) in [6.45, 7) is 3.08. The molecule has 0 unspecified atom stereocenters. The highest BCUT2D eigenvalue weighted by molar-refractivity contribution is 6.10. The quantitative estimate of drug-likeness (QED) is 0.631. The van der Waals surface area contributed by atoms with Crippen molar-refractivity contribution in [1.29, 1.82) is 0 Å². The van der Waals surface area contributed by atoms with E-state index in [1.807, 2.05) is 0 Å². The Bertz CT molecular complexity index is 616. The Kier molecular flexibility index (Phi) is 2.45. The number of hydrogen-bond acceptors (Lipinski definition) is 1. The van der Waals surface area contributed by atoms with E-state index >= 15 is 0 Å². The van der Waals surface area contributed by atoms with E-state index in [1.165, 1.54) is 27.2 Å². The Morgan fingerprint density at radius 1 is 0.824 bits per heavy atom. The Hall–Kier alpha value is -2.02. The molecule has 1 nitrogen and oxygen atoms in total. The van der Waals surface area contributed by atoms with Gasteiger partial charge in [0.15, 0.2) is 0 Å². The van der Waals surface area contributed by atoms with Gasteiger partial charge in [0.2, 0.25) is 0 Å². The van der Waals surface area contributed by atoms with Crippen LogP contribution >= 0.6 is 0 Å². The molecule has 0 amide bonds. The van der Waals surface area contributed by atoms with Gasteiger partial charge in [0, 0.05) is 23.0 Å². The van der Waals surface area contributed by atoms with E-state index in [9.17, 15) is 0 Å². The highest BCUT2D eigenvalue weighted by Gasteiger charge is 2.05. The molecule has 0 radical (unpaired) electrons. The number of nitrogens with one attached hydrogen (secondary N) is 1. The summed E-state index contributed by atoms with van der Waals surface area (Å²) in [4.78, 5) is 0. The minimum Gasteiger partial charge on any atom is -0.384 e. The average Bonchev–Trinajstić information content (AvgIpc) is 2.39. The predicted octanol–water partition coefficient (Wildman–Crippen LogP) is 4.42. The van der Waals surface area contributed by atoms with Crippen LogP contribution in [0.2, 0.25) is 0 Å². The molecular formula is C16H15N. The summed E-state index contributed by atoms with van der Waals surface area (Å²) in [5.74, 6) is 0. The largest absolute Gasteiger partial charge is 0.384 e. The molecule has 3 aromatic rings. The smallest absolute Gasteiger partial charge is 0.0499 e. The van der Waals surface area contributed by atoms with Crippen LogP contribution in [0.5, 0.6) is 0 Å². The van der Waals surface area contributed by atoms with Crippen molar-refractivity contribution in [3.63, 3.8) is 0 Å². The minimum absolute atomic E-state index is 0.942. The molecule has 84 valence electrons. The summed E-state index contributed by atoms with van der Waals surface area (Å²) in [6.07, 6.45) is 0. The second kappa shape index (κ2) is 4.10. The van der Waals surface area contributed by atoms with Crippen LogP contribution in [-0.4, -0.2) is 6.54 Å². The lowest BCUT2D eigenvalue weighted by molar-refractivity contribution is 1.22. The lowest BCUT2D eigenvalue weighted by Gasteiger charge is -2.12. The number of hydrogen-bond donors (Lipinski definition) is 1. The molecule has 0 aliphatic carbocycles. The first-order valence-electron chi connectivity index (χ1n) is 6.04. The van der Waals surface area contributed by atoms with Gasteiger partial charge in [-0.2, -0.15) is 0 Å². The molecule has 0 heterocycles. The number of anilines is 1. The molecule has 0 saturated carbocycles. The van der Waals surface area contributed by atoms with Gasteiger partial charge in [-0.15, -0.1) is 0 Å². The molecule has 0 fully saturated rings. The van der Waals surface area contributed by atoms with Crippen molar-refractivity contribution in [2.75, 3.05) is 11.9 Å². The van der Waals surface area contributed by atoms with Crippen LogP contribution in [-0.2, 0) is 0 Å². The van der Waals surface area contributed by atoms with Crippen molar-refractivity contribution < 1.29 is 0 Å². The highest BCUT2D eigenvalue weighted by atomic mass is 14.9. The number of fused-ring (bicyclic) bond motifs is 2. The molecule has 3 aromatic carbocycles. The fraction of sp³-hybridized carbons (Fsp3) is 0.125. The van der Waals surface area contributed by atoms with Crippen LogP contribution < -0.4 is 5.32 Å². The average molecular weight is 221 g/mol. The Balaban J connectivity index is 2.47. The second-order valence-corrected chi connectivity index (χ2v) is 4.22. The lowest BCUT2D eigenvalue weighted by atomic mass is 10.0. The van der Waals surface area contributed by atoms with E-state index in [4.69, 9.17) is 0 Å². The highest BCUT2D eigenvalue weighted by Crippen LogP contribution is 2.32. The van der Waals surface area contributed by atoms with Gasteiger partial charge in [-0.3, -0.25) is 0 Å². The number of benzene rings is 3. The lowest BCUT2D eigenvalue weighted by Crippen LogP contribution is -1.98. The van der Waals surface area contributed by atoms with Gasteiger partial charge in [-0.05, 0) is 23.8 Å². The van der Waals surface area contributed by atoms with E-state index < -0.39 is 0 Å². The molecule has 1 N–H and O–H groups in total. The van der Waals surface area contributed by atoms with Gasteiger partial charge >= 0.3 is 0 Å². The van der Waals surface area contributed by atoms with Gasteiger partial charge in [-0.25, -0.2) is 0 Å². The van der Waals surface area contributed by atoms with E-state index in [2.05, 4.69) is 66.8 Å². The molecule has 1 heteroatoms. The zero-order valence-corrected chi connectivity index (χ0v) is 9.90. The van der Waals surface area contributed by atoms with Crippen molar-refractivity contribution in [3.05, 3.63) is 54.6 Å². The normalized spacial score (nSPS) is 10.9. The van der Waals surface area contributed by atoms with Gasteiger partial charge < -0.3 is 5.32 Å². The monoisotopic (exact) mass is 221 g/mol. The SMILES string of the molecule is CCNc1c2ccccc2cc2ccccc12. The third kappa shape index (κ3) is 1.64. The zero-order chi connectivity index (χ0) is 11.7. The minimum atomic E-state index is 0.942. The van der Waals surface area contributed by atoms with E-state index in [0.717, 1.165) is 6.54 Å². The molecular weight excluding hydrogens is 206 g/mol. The van der Waals surface area contributed by atoms with E-state index in [-0.39, 0.29) is 0 Å². The van der Waals surface area contributed by atoms with Crippen LogP contribution in [0.25, 0.3) is 21.5 Å². The zero-order valence-electron chi connectivity index (χ0n) is 9.90. The molecule has 0 bridgehead atoms. The predicted molar refractivity (Wildman–Crippen MR) is 75.6 cm³/mol. The maximum atomic E-state index is 3.49. The molecule has 17 heavy (non-hydrogen) atoms. The third-order valence-corrected chi connectivity index (χ3v) is 3.12. The summed E-state index contributed by atoms with van der Waals surface area (Å²) < 4.78 is 0. The van der Waals surface area contributed by atoms with E-state index in [1.54, 1.807) is 0 Å². The molecule has 3 rings (SSSR count). The van der Waals surface area contributed by atoms with Crippen LogP contribution in [0, 0.1) is 0 Å². The fourth-order valence-corrected chi connectivity index (χ4v) is 2.38. The van der Waals surface area contributed by atoms with Crippen molar-refractivity contribution in [2.24, 2.45) is 0 Å². The summed E-state index contributed by atoms with van der Waals surface area (Å²) in [6, 6.07) is 19.3. The van der Waals surface area contributed by atoms with Crippen molar-refractivity contribution >= 4 is 27.2 Å². The summed E-state index contributed by atoms with van der Waals surface area (Å²) in [7, 11) is 0. The van der Waals surface area contributed by atoms with Gasteiger partial charge in [0.25, 0.3) is 0 Å². The summed E-state index contributed by atoms with van der Waals surface area (Å²) >= 11 is 0. The Morgan fingerprint density at radius 3 is 1.88 bits per heavy atom. The molecule has 0 atom stereocenters. The van der Waals surface area contributed by atoms with Gasteiger partial charge in [0.05, 0.1) is 0 Å². The third-order valence-electron chi connectivity index (χ3n) is 3.12. The first-order chi connectivity index (χ1) is 8.40. The summed E-state index contributed by atoms with van der Waals surface area (Å²) in [5, 5.41) is 8.68. The Morgan fingerprint density at radius 2 is 1.35 bits per heavy atom. The standard InChI is InChI=1S/C16H15N/c1-2-17-16-14-9-5-3-7-12(14)11-13-8-4-6-10-15(13)16/h3-11,17H,2H2,1H3.